The Kier molecular flexibility index (Phi) is 2.62. The Bertz CT molecular complexity index is 171. The molecule has 1 fully saturated rings. The maximum absolute atomic E-state index is 10.8. The lowest BCUT2D eigenvalue weighted by molar-refractivity contribution is -0.118. The molecule has 1 saturated heterocycles. The van der Waals surface area contributed by atoms with E-state index in [4.69, 9.17) is 0 Å². The van der Waals surface area contributed by atoms with Crippen LogP contribution in [0, 0.1) is 0 Å². The molecule has 2 amide bonds. The van der Waals surface area contributed by atoms with Crippen molar-refractivity contribution in [2.45, 2.75) is 5.25 Å². The molecule has 56 valence electrons. The molecule has 5 heteroatoms. The first-order chi connectivity index (χ1) is 4.74. The van der Waals surface area contributed by atoms with Gasteiger partial charge in [-0.2, -0.15) is 11.8 Å². The predicted molar refractivity (Wildman–Crippen MR) is 43.3 cm³/mol. The molecule has 0 bridgehead atoms. The average molecular weight is 177 g/mol. The minimum atomic E-state index is -0.218. The van der Waals surface area contributed by atoms with Crippen LogP contribution in [0.4, 0.5) is 4.79 Å². The van der Waals surface area contributed by atoms with Crippen molar-refractivity contribution in [1.82, 2.24) is 5.32 Å². The molecule has 1 rings (SSSR count). The van der Waals surface area contributed by atoms with Gasteiger partial charge in [0, 0.05) is 5.75 Å². The molecule has 0 aromatic rings. The highest BCUT2D eigenvalue weighted by atomic mass is 32.2. The summed E-state index contributed by atoms with van der Waals surface area (Å²) >= 11 is 2.65. The van der Waals surface area contributed by atoms with E-state index in [-0.39, 0.29) is 16.4 Å². The van der Waals surface area contributed by atoms with E-state index in [0.717, 1.165) is 11.8 Å². The van der Waals surface area contributed by atoms with E-state index in [1.165, 1.54) is 0 Å². The van der Waals surface area contributed by atoms with E-state index in [2.05, 4.69) is 5.32 Å². The monoisotopic (exact) mass is 177 g/mol. The summed E-state index contributed by atoms with van der Waals surface area (Å²) in [7, 11) is 0. The van der Waals surface area contributed by atoms with Crippen LogP contribution < -0.4 is 5.32 Å². The number of thioether (sulfide) groups is 2. The maximum Gasteiger partial charge on any atom is 0.286 e. The van der Waals surface area contributed by atoms with E-state index in [9.17, 15) is 9.59 Å². The first kappa shape index (κ1) is 7.94. The van der Waals surface area contributed by atoms with Crippen molar-refractivity contribution in [2.75, 3.05) is 12.0 Å². The van der Waals surface area contributed by atoms with Gasteiger partial charge in [0.05, 0.1) is 0 Å². The van der Waals surface area contributed by atoms with Crippen LogP contribution in [0.1, 0.15) is 0 Å². The summed E-state index contributed by atoms with van der Waals surface area (Å²) in [5.41, 5.74) is 0. The van der Waals surface area contributed by atoms with Crippen LogP contribution in [0.2, 0.25) is 0 Å². The Hall–Kier alpha value is -0.160. The predicted octanol–water partition coefficient (Wildman–Crippen LogP) is 0.701. The topological polar surface area (TPSA) is 46.2 Å². The Balaban J connectivity index is 2.46. The number of nitrogens with one attached hydrogen (secondary N) is 1. The Morgan fingerprint density at radius 1 is 1.70 bits per heavy atom. The van der Waals surface area contributed by atoms with E-state index in [1.807, 2.05) is 6.26 Å². The maximum atomic E-state index is 10.8. The summed E-state index contributed by atoms with van der Waals surface area (Å²) < 4.78 is 0. The van der Waals surface area contributed by atoms with Crippen LogP contribution in [0.25, 0.3) is 0 Å². The zero-order chi connectivity index (χ0) is 7.56. The van der Waals surface area contributed by atoms with Crippen molar-refractivity contribution >= 4 is 34.7 Å². The summed E-state index contributed by atoms with van der Waals surface area (Å²) in [4.78, 5) is 21.4. The second-order valence-electron chi connectivity index (χ2n) is 1.84. The molecule has 0 radical (unpaired) electrons. The Labute approximate surface area is 67.3 Å². The molecular formula is C5H7NO2S2. The van der Waals surface area contributed by atoms with Crippen LogP contribution in [0.3, 0.4) is 0 Å². The SMILES string of the molecule is CSCC1SC(=O)NC1=O. The number of rotatable bonds is 2. The van der Waals surface area contributed by atoms with E-state index < -0.39 is 0 Å². The molecule has 1 aliphatic rings. The number of hydrogen-bond donors (Lipinski definition) is 1. The second kappa shape index (κ2) is 3.30. The van der Waals surface area contributed by atoms with Gasteiger partial charge < -0.3 is 0 Å². The summed E-state index contributed by atoms with van der Waals surface area (Å²) in [6, 6.07) is 0. The fraction of sp³-hybridized carbons (Fsp3) is 0.600. The van der Waals surface area contributed by atoms with Crippen molar-refractivity contribution < 1.29 is 9.59 Å². The third-order valence-electron chi connectivity index (χ3n) is 1.09. The zero-order valence-electron chi connectivity index (χ0n) is 5.42. The quantitative estimate of drug-likeness (QED) is 0.674. The van der Waals surface area contributed by atoms with Gasteiger partial charge in [0.1, 0.15) is 5.25 Å². The lowest BCUT2D eigenvalue weighted by atomic mass is 10.4. The second-order valence-corrected chi connectivity index (χ2v) is 3.92. The normalized spacial score (nSPS) is 25.1. The third-order valence-corrected chi connectivity index (χ3v) is 2.94. The van der Waals surface area contributed by atoms with Crippen LogP contribution in [0.5, 0.6) is 0 Å². The molecule has 1 atom stereocenters. The highest BCUT2D eigenvalue weighted by Gasteiger charge is 2.30. The molecule has 0 saturated carbocycles. The number of carbonyl (C=O) groups excluding carboxylic acids is 2. The Morgan fingerprint density at radius 2 is 2.40 bits per heavy atom. The molecular weight excluding hydrogens is 170 g/mol. The standard InChI is InChI=1S/C5H7NO2S2/c1-9-2-3-4(7)6-5(8)10-3/h3H,2H2,1H3,(H,6,7,8). The molecule has 10 heavy (non-hydrogen) atoms. The van der Waals surface area contributed by atoms with Gasteiger partial charge in [0.15, 0.2) is 0 Å². The molecule has 0 spiro atoms. The van der Waals surface area contributed by atoms with Crippen molar-refractivity contribution in [2.24, 2.45) is 0 Å². The average Bonchev–Trinajstić information content (AvgIpc) is 2.13. The van der Waals surface area contributed by atoms with E-state index in [1.54, 1.807) is 11.8 Å². The molecule has 1 heterocycles. The van der Waals surface area contributed by atoms with Crippen molar-refractivity contribution in [3.8, 4) is 0 Å². The molecule has 0 aromatic carbocycles. The van der Waals surface area contributed by atoms with Crippen molar-refractivity contribution in [3.63, 3.8) is 0 Å². The summed E-state index contributed by atoms with van der Waals surface area (Å²) in [6.45, 7) is 0. The van der Waals surface area contributed by atoms with Gasteiger partial charge >= 0.3 is 0 Å². The molecule has 1 N–H and O–H groups in total. The zero-order valence-corrected chi connectivity index (χ0v) is 7.05. The van der Waals surface area contributed by atoms with Gasteiger partial charge in [-0.25, -0.2) is 0 Å². The van der Waals surface area contributed by atoms with Gasteiger partial charge in [0.25, 0.3) is 5.24 Å². The number of hydrogen-bond acceptors (Lipinski definition) is 4. The first-order valence-electron chi connectivity index (χ1n) is 2.74. The Morgan fingerprint density at radius 3 is 2.80 bits per heavy atom. The lowest BCUT2D eigenvalue weighted by Crippen LogP contribution is -2.25. The molecule has 0 aromatic heterocycles. The molecule has 1 unspecified atom stereocenters. The molecule has 3 nitrogen and oxygen atoms in total. The highest BCUT2D eigenvalue weighted by Crippen LogP contribution is 2.21. The minimum absolute atomic E-state index is 0.149. The van der Waals surface area contributed by atoms with Crippen LogP contribution >= 0.6 is 23.5 Å². The minimum Gasteiger partial charge on any atom is -0.286 e. The van der Waals surface area contributed by atoms with Crippen molar-refractivity contribution in [1.29, 1.82) is 0 Å². The van der Waals surface area contributed by atoms with Gasteiger partial charge in [-0.1, -0.05) is 11.8 Å². The van der Waals surface area contributed by atoms with Crippen LogP contribution in [-0.4, -0.2) is 28.4 Å². The van der Waals surface area contributed by atoms with Gasteiger partial charge in [-0.3, -0.25) is 14.9 Å². The summed E-state index contributed by atoms with van der Waals surface area (Å²) in [6.07, 6.45) is 1.91. The largest absolute Gasteiger partial charge is 0.286 e. The molecule has 1 aliphatic heterocycles. The smallest absolute Gasteiger partial charge is 0.286 e. The van der Waals surface area contributed by atoms with Crippen molar-refractivity contribution in [3.05, 3.63) is 0 Å². The molecule has 0 aliphatic carbocycles. The fourth-order valence-electron chi connectivity index (χ4n) is 0.654. The summed E-state index contributed by atoms with van der Waals surface area (Å²) in [5.74, 6) is 0.562. The fourth-order valence-corrected chi connectivity index (χ4v) is 2.37. The number of amides is 2. The van der Waals surface area contributed by atoms with E-state index in [0.29, 0.717) is 5.75 Å². The van der Waals surface area contributed by atoms with Crippen LogP contribution in [0.15, 0.2) is 0 Å². The van der Waals surface area contributed by atoms with Crippen LogP contribution in [-0.2, 0) is 4.79 Å². The first-order valence-corrected chi connectivity index (χ1v) is 5.02. The van der Waals surface area contributed by atoms with Gasteiger partial charge in [-0.15, -0.1) is 0 Å². The summed E-state index contributed by atoms with van der Waals surface area (Å²) in [5, 5.41) is 1.84. The third kappa shape index (κ3) is 1.67. The highest BCUT2D eigenvalue weighted by molar-refractivity contribution is 8.16. The van der Waals surface area contributed by atoms with Gasteiger partial charge in [0.2, 0.25) is 5.91 Å². The lowest BCUT2D eigenvalue weighted by Gasteiger charge is -1.98. The van der Waals surface area contributed by atoms with Gasteiger partial charge in [-0.05, 0) is 6.26 Å². The van der Waals surface area contributed by atoms with E-state index >= 15 is 0 Å². The number of carbonyl (C=O) groups is 2. The number of imide groups is 1.